The molecule has 0 aliphatic carbocycles. The molecule has 2 aromatic carbocycles. The van der Waals surface area contributed by atoms with E-state index in [9.17, 15) is 4.79 Å². The Labute approximate surface area is 180 Å². The average molecular weight is 415 g/mol. The van der Waals surface area contributed by atoms with Crippen LogP contribution in [0.15, 0.2) is 84.5 Å². The Balaban J connectivity index is 1.32. The number of nitrogens with one attached hydrogen (secondary N) is 1. The molecule has 1 N–H and O–H groups in total. The van der Waals surface area contributed by atoms with Crippen LogP contribution in [0.1, 0.15) is 31.9 Å². The second-order valence-electron chi connectivity index (χ2n) is 7.10. The maximum absolute atomic E-state index is 12.6. The molecule has 4 rings (SSSR count). The zero-order valence-electron chi connectivity index (χ0n) is 16.7. The number of anilines is 1. The van der Waals surface area contributed by atoms with Gasteiger partial charge in [-0.05, 0) is 72.3 Å². The van der Waals surface area contributed by atoms with Crippen molar-refractivity contribution < 1.29 is 9.53 Å². The summed E-state index contributed by atoms with van der Waals surface area (Å²) in [5, 5.41) is 4.92. The van der Waals surface area contributed by atoms with Crippen LogP contribution in [0.25, 0.3) is 0 Å². The molecule has 0 radical (unpaired) electrons. The summed E-state index contributed by atoms with van der Waals surface area (Å²) in [5.74, 6) is 0.716. The van der Waals surface area contributed by atoms with E-state index in [1.54, 1.807) is 12.4 Å². The van der Waals surface area contributed by atoms with Crippen molar-refractivity contribution in [2.24, 2.45) is 0 Å². The van der Waals surface area contributed by atoms with E-state index in [2.05, 4.69) is 10.3 Å². The number of carbonyl (C=O) groups is 1. The Bertz CT molecular complexity index is 1100. The fourth-order valence-corrected chi connectivity index (χ4v) is 3.80. The Morgan fingerprint density at radius 3 is 2.37 bits per heavy atom. The molecular weight excluding hydrogens is 392 g/mol. The maximum Gasteiger partial charge on any atom is 0.265 e. The molecule has 0 atom stereocenters. The van der Waals surface area contributed by atoms with E-state index < -0.39 is 0 Å². The van der Waals surface area contributed by atoms with Crippen LogP contribution < -0.4 is 10.1 Å². The van der Waals surface area contributed by atoms with Crippen molar-refractivity contribution in [1.82, 2.24) is 4.98 Å². The van der Waals surface area contributed by atoms with Crippen molar-refractivity contribution in [2.75, 3.05) is 5.32 Å². The molecule has 1 amide bonds. The fraction of sp³-hybridized carbons (Fsp3) is 0.120. The number of hydrogen-bond acceptors (Lipinski definition) is 4. The second kappa shape index (κ2) is 9.37. The smallest absolute Gasteiger partial charge is 0.265 e. The molecule has 0 aliphatic rings. The number of aryl methyl sites for hydroxylation is 1. The Kier molecular flexibility index (Phi) is 6.20. The molecule has 0 unspecified atom stereocenters. The topological polar surface area (TPSA) is 51.2 Å². The number of thiophene rings is 1. The van der Waals surface area contributed by atoms with Gasteiger partial charge in [-0.1, -0.05) is 29.8 Å². The number of hydrogen-bond donors (Lipinski definition) is 1. The molecular formula is C25H22N2O2S. The third-order valence-corrected chi connectivity index (χ3v) is 5.65. The minimum Gasteiger partial charge on any atom is -0.489 e. The Morgan fingerprint density at radius 1 is 0.933 bits per heavy atom. The van der Waals surface area contributed by atoms with Gasteiger partial charge in [0, 0.05) is 23.6 Å². The number of pyridine rings is 1. The van der Waals surface area contributed by atoms with Crippen molar-refractivity contribution in [3.05, 3.63) is 112 Å². The van der Waals surface area contributed by atoms with E-state index >= 15 is 0 Å². The molecule has 0 fully saturated rings. The predicted octanol–water partition coefficient (Wildman–Crippen LogP) is 5.87. The van der Waals surface area contributed by atoms with Gasteiger partial charge in [0.15, 0.2) is 0 Å². The molecule has 0 bridgehead atoms. The van der Waals surface area contributed by atoms with Crippen LogP contribution in [0.3, 0.4) is 0 Å². The lowest BCUT2D eigenvalue weighted by Crippen LogP contribution is -2.10. The van der Waals surface area contributed by atoms with Crippen molar-refractivity contribution in [3.8, 4) is 5.75 Å². The van der Waals surface area contributed by atoms with Crippen LogP contribution in [0.5, 0.6) is 5.75 Å². The van der Waals surface area contributed by atoms with Crippen molar-refractivity contribution >= 4 is 22.9 Å². The molecule has 30 heavy (non-hydrogen) atoms. The highest BCUT2D eigenvalue weighted by molar-refractivity contribution is 7.12. The average Bonchev–Trinajstić information content (AvgIpc) is 3.25. The van der Waals surface area contributed by atoms with Crippen LogP contribution >= 0.6 is 11.3 Å². The Morgan fingerprint density at radius 2 is 1.63 bits per heavy atom. The summed E-state index contributed by atoms with van der Waals surface area (Å²) >= 11 is 1.42. The Hall–Kier alpha value is -3.44. The first-order chi connectivity index (χ1) is 14.7. The number of benzene rings is 2. The minimum atomic E-state index is -0.108. The maximum atomic E-state index is 12.6. The summed E-state index contributed by atoms with van der Waals surface area (Å²) in [6.07, 6.45) is 4.43. The van der Waals surface area contributed by atoms with Gasteiger partial charge in [-0.2, -0.15) is 0 Å². The predicted molar refractivity (Wildman–Crippen MR) is 121 cm³/mol. The van der Waals surface area contributed by atoms with Gasteiger partial charge in [0.1, 0.15) is 12.4 Å². The SMILES string of the molecule is Cc1ccc(OCc2csc(C(=O)Nc3ccc(Cc4ccncc4)cc3)c2)cc1. The molecule has 5 heteroatoms. The van der Waals surface area contributed by atoms with Crippen molar-refractivity contribution in [3.63, 3.8) is 0 Å². The highest BCUT2D eigenvalue weighted by Gasteiger charge is 2.10. The van der Waals surface area contributed by atoms with E-state index in [0.29, 0.717) is 11.5 Å². The number of carbonyl (C=O) groups excluding carboxylic acids is 1. The van der Waals surface area contributed by atoms with Crippen molar-refractivity contribution in [1.29, 1.82) is 0 Å². The molecule has 2 aromatic heterocycles. The van der Waals surface area contributed by atoms with E-state index in [-0.39, 0.29) is 5.91 Å². The van der Waals surface area contributed by atoms with E-state index in [0.717, 1.165) is 23.4 Å². The van der Waals surface area contributed by atoms with E-state index in [1.807, 2.05) is 79.0 Å². The summed E-state index contributed by atoms with van der Waals surface area (Å²) in [5.41, 5.74) is 5.36. The lowest BCUT2D eigenvalue weighted by atomic mass is 10.1. The van der Waals surface area contributed by atoms with Crippen LogP contribution in [-0.4, -0.2) is 10.9 Å². The number of amides is 1. The quantitative estimate of drug-likeness (QED) is 0.411. The van der Waals surface area contributed by atoms with Crippen LogP contribution in [0.4, 0.5) is 5.69 Å². The number of aromatic nitrogens is 1. The standard InChI is InChI=1S/C25H22N2O2S/c1-18-2-8-23(9-3-18)29-16-21-15-24(30-17-21)25(28)27-22-6-4-19(5-7-22)14-20-10-12-26-13-11-20/h2-13,15,17H,14,16H2,1H3,(H,27,28). The van der Waals surface area contributed by atoms with Crippen LogP contribution in [0, 0.1) is 6.92 Å². The first kappa shape index (κ1) is 19.9. The molecule has 2 heterocycles. The van der Waals surface area contributed by atoms with Gasteiger partial charge in [0.25, 0.3) is 5.91 Å². The zero-order chi connectivity index (χ0) is 20.8. The molecule has 4 nitrogen and oxygen atoms in total. The van der Waals surface area contributed by atoms with Gasteiger partial charge in [-0.3, -0.25) is 9.78 Å². The number of ether oxygens (including phenoxy) is 1. The highest BCUT2D eigenvalue weighted by atomic mass is 32.1. The fourth-order valence-electron chi connectivity index (χ4n) is 3.01. The zero-order valence-corrected chi connectivity index (χ0v) is 17.5. The lowest BCUT2D eigenvalue weighted by molar-refractivity contribution is 0.103. The normalized spacial score (nSPS) is 10.6. The number of nitrogens with zero attached hydrogens (tertiary/aromatic N) is 1. The highest BCUT2D eigenvalue weighted by Crippen LogP contribution is 2.20. The van der Waals surface area contributed by atoms with Gasteiger partial charge in [-0.25, -0.2) is 0 Å². The third-order valence-electron chi connectivity index (χ3n) is 4.67. The lowest BCUT2D eigenvalue weighted by Gasteiger charge is -2.06. The summed E-state index contributed by atoms with van der Waals surface area (Å²) in [4.78, 5) is 17.3. The molecule has 150 valence electrons. The summed E-state index contributed by atoms with van der Waals surface area (Å²) < 4.78 is 5.79. The van der Waals surface area contributed by atoms with E-state index in [4.69, 9.17) is 4.74 Å². The van der Waals surface area contributed by atoms with Gasteiger partial charge in [0.05, 0.1) is 4.88 Å². The van der Waals surface area contributed by atoms with Crippen LogP contribution in [0.2, 0.25) is 0 Å². The summed E-state index contributed by atoms with van der Waals surface area (Å²) in [6.45, 7) is 2.48. The van der Waals surface area contributed by atoms with Crippen LogP contribution in [-0.2, 0) is 13.0 Å². The summed E-state index contributed by atoms with van der Waals surface area (Å²) in [7, 11) is 0. The molecule has 0 saturated carbocycles. The van der Waals surface area contributed by atoms with Gasteiger partial charge >= 0.3 is 0 Å². The minimum absolute atomic E-state index is 0.108. The third kappa shape index (κ3) is 5.33. The van der Waals surface area contributed by atoms with Crippen molar-refractivity contribution in [2.45, 2.75) is 20.0 Å². The first-order valence-electron chi connectivity index (χ1n) is 9.72. The van der Waals surface area contributed by atoms with Gasteiger partial charge in [-0.15, -0.1) is 11.3 Å². The molecule has 0 saturated heterocycles. The molecule has 0 spiro atoms. The van der Waals surface area contributed by atoms with Gasteiger partial charge in [0.2, 0.25) is 0 Å². The first-order valence-corrected chi connectivity index (χ1v) is 10.6. The second-order valence-corrected chi connectivity index (χ2v) is 8.02. The monoisotopic (exact) mass is 414 g/mol. The molecule has 0 aliphatic heterocycles. The number of rotatable bonds is 7. The molecule has 4 aromatic rings. The summed E-state index contributed by atoms with van der Waals surface area (Å²) in [6, 6.07) is 21.8. The van der Waals surface area contributed by atoms with Gasteiger partial charge < -0.3 is 10.1 Å². The van der Waals surface area contributed by atoms with E-state index in [1.165, 1.54) is 28.0 Å². The largest absolute Gasteiger partial charge is 0.489 e.